The third-order valence-corrected chi connectivity index (χ3v) is 4.70. The number of hydrogen-bond donors (Lipinski definition) is 2. The number of nitrogens with zero attached hydrogens (tertiary/aromatic N) is 2. The second kappa shape index (κ2) is 9.61. The van der Waals surface area contributed by atoms with E-state index < -0.39 is 0 Å². The van der Waals surface area contributed by atoms with E-state index >= 15 is 0 Å². The van der Waals surface area contributed by atoms with Gasteiger partial charge in [0.15, 0.2) is 5.96 Å². The Bertz CT molecular complexity index is 552. The standard InChI is InChI=1S/C19H30N4O2/c1-2-20-19(23-14-17-10-6-12-24-17)22-13-15-7-5-11-21-18(15)25-16-8-3-4-9-16/h5,7,11,16-17H,2-4,6,8-10,12-14H2,1H3,(H2,20,22,23). The van der Waals surface area contributed by atoms with Gasteiger partial charge in [0, 0.05) is 31.5 Å². The topological polar surface area (TPSA) is 67.8 Å². The number of guanidine groups is 1. The predicted octanol–water partition coefficient (Wildman–Crippen LogP) is 2.64. The van der Waals surface area contributed by atoms with Crippen molar-refractivity contribution in [3.05, 3.63) is 23.9 Å². The Kier molecular flexibility index (Phi) is 6.91. The molecule has 6 nitrogen and oxygen atoms in total. The van der Waals surface area contributed by atoms with Gasteiger partial charge in [0.1, 0.15) is 6.10 Å². The van der Waals surface area contributed by atoms with Crippen LogP contribution in [0.1, 0.15) is 51.0 Å². The van der Waals surface area contributed by atoms with Crippen LogP contribution >= 0.6 is 0 Å². The van der Waals surface area contributed by atoms with Crippen LogP contribution in [0.3, 0.4) is 0 Å². The van der Waals surface area contributed by atoms with Gasteiger partial charge in [0.05, 0.1) is 12.6 Å². The van der Waals surface area contributed by atoms with Crippen molar-refractivity contribution in [1.82, 2.24) is 15.6 Å². The molecule has 1 unspecified atom stereocenters. The lowest BCUT2D eigenvalue weighted by atomic mass is 10.2. The van der Waals surface area contributed by atoms with Crippen LogP contribution in [0.25, 0.3) is 0 Å². The van der Waals surface area contributed by atoms with E-state index in [1.54, 1.807) is 6.20 Å². The molecule has 3 rings (SSSR count). The van der Waals surface area contributed by atoms with Crippen LogP contribution in [0.4, 0.5) is 0 Å². The van der Waals surface area contributed by atoms with E-state index in [1.165, 1.54) is 12.8 Å². The van der Waals surface area contributed by atoms with Crippen LogP contribution < -0.4 is 15.4 Å². The maximum atomic E-state index is 6.10. The lowest BCUT2D eigenvalue weighted by Gasteiger charge is -2.16. The van der Waals surface area contributed by atoms with Crippen molar-refractivity contribution in [2.75, 3.05) is 19.7 Å². The van der Waals surface area contributed by atoms with Crippen LogP contribution in [0.15, 0.2) is 23.3 Å². The van der Waals surface area contributed by atoms with Gasteiger partial charge >= 0.3 is 0 Å². The van der Waals surface area contributed by atoms with E-state index in [2.05, 4.69) is 22.5 Å². The summed E-state index contributed by atoms with van der Waals surface area (Å²) in [5, 5.41) is 6.67. The van der Waals surface area contributed by atoms with Crippen LogP contribution in [0.5, 0.6) is 5.88 Å². The van der Waals surface area contributed by atoms with Crippen LogP contribution in [-0.2, 0) is 11.3 Å². The smallest absolute Gasteiger partial charge is 0.218 e. The van der Waals surface area contributed by atoms with Crippen molar-refractivity contribution in [3.8, 4) is 5.88 Å². The molecule has 1 aliphatic carbocycles. The van der Waals surface area contributed by atoms with Crippen molar-refractivity contribution >= 4 is 5.96 Å². The second-order valence-electron chi connectivity index (χ2n) is 6.70. The number of nitrogens with one attached hydrogen (secondary N) is 2. The number of aliphatic imine (C=N–C) groups is 1. The molecule has 2 heterocycles. The molecular formula is C19H30N4O2. The Morgan fingerprint density at radius 2 is 2.16 bits per heavy atom. The van der Waals surface area contributed by atoms with Gasteiger partial charge in [-0.1, -0.05) is 6.07 Å². The molecule has 1 atom stereocenters. The quantitative estimate of drug-likeness (QED) is 0.587. The Morgan fingerprint density at radius 1 is 1.28 bits per heavy atom. The minimum atomic E-state index is 0.295. The Labute approximate surface area is 150 Å². The first-order valence-corrected chi connectivity index (χ1v) is 9.59. The van der Waals surface area contributed by atoms with E-state index in [-0.39, 0.29) is 0 Å². The van der Waals surface area contributed by atoms with Gasteiger partial charge in [-0.25, -0.2) is 9.98 Å². The van der Waals surface area contributed by atoms with Crippen LogP contribution in [0, 0.1) is 0 Å². The van der Waals surface area contributed by atoms with E-state index in [0.717, 1.165) is 62.8 Å². The minimum absolute atomic E-state index is 0.295. The molecular weight excluding hydrogens is 316 g/mol. The molecule has 1 saturated heterocycles. The number of rotatable bonds is 7. The maximum Gasteiger partial charge on any atom is 0.218 e. The van der Waals surface area contributed by atoms with Gasteiger partial charge in [-0.15, -0.1) is 0 Å². The molecule has 2 aliphatic rings. The summed E-state index contributed by atoms with van der Waals surface area (Å²) in [5.74, 6) is 1.54. The van der Waals surface area contributed by atoms with E-state index in [0.29, 0.717) is 18.8 Å². The summed E-state index contributed by atoms with van der Waals surface area (Å²) >= 11 is 0. The zero-order valence-electron chi connectivity index (χ0n) is 15.2. The molecule has 0 spiro atoms. The van der Waals surface area contributed by atoms with Gasteiger partial charge in [-0.3, -0.25) is 0 Å². The number of aromatic nitrogens is 1. The zero-order valence-corrected chi connectivity index (χ0v) is 15.2. The van der Waals surface area contributed by atoms with Crippen molar-refractivity contribution < 1.29 is 9.47 Å². The lowest BCUT2D eigenvalue weighted by molar-refractivity contribution is 0.114. The fraction of sp³-hybridized carbons (Fsp3) is 0.684. The molecule has 1 aliphatic heterocycles. The highest BCUT2D eigenvalue weighted by Gasteiger charge is 2.19. The summed E-state index contributed by atoms with van der Waals surface area (Å²) in [6.45, 7) is 5.12. The normalized spacial score (nSPS) is 21.5. The number of pyridine rings is 1. The van der Waals surface area contributed by atoms with Crippen molar-refractivity contribution in [1.29, 1.82) is 0 Å². The molecule has 25 heavy (non-hydrogen) atoms. The second-order valence-corrected chi connectivity index (χ2v) is 6.70. The molecule has 2 N–H and O–H groups in total. The molecule has 1 aromatic rings. The fourth-order valence-corrected chi connectivity index (χ4v) is 3.34. The van der Waals surface area contributed by atoms with E-state index in [9.17, 15) is 0 Å². The number of ether oxygens (including phenoxy) is 2. The Balaban J connectivity index is 1.58. The van der Waals surface area contributed by atoms with Gasteiger partial charge in [-0.2, -0.15) is 0 Å². The van der Waals surface area contributed by atoms with E-state index in [1.807, 2.05) is 12.1 Å². The molecule has 0 amide bonds. The third kappa shape index (κ3) is 5.59. The largest absolute Gasteiger partial charge is 0.474 e. The van der Waals surface area contributed by atoms with Crippen LogP contribution in [-0.4, -0.2) is 42.8 Å². The fourth-order valence-electron chi connectivity index (χ4n) is 3.34. The maximum absolute atomic E-state index is 6.10. The van der Waals surface area contributed by atoms with Crippen molar-refractivity contribution in [2.24, 2.45) is 4.99 Å². The highest BCUT2D eigenvalue weighted by molar-refractivity contribution is 5.79. The minimum Gasteiger partial charge on any atom is -0.474 e. The first kappa shape index (κ1) is 18.0. The molecule has 0 bridgehead atoms. The summed E-state index contributed by atoms with van der Waals surface area (Å²) in [6, 6.07) is 3.99. The summed E-state index contributed by atoms with van der Waals surface area (Å²) < 4.78 is 11.8. The number of hydrogen-bond acceptors (Lipinski definition) is 4. The first-order valence-electron chi connectivity index (χ1n) is 9.59. The highest BCUT2D eigenvalue weighted by atomic mass is 16.5. The zero-order chi connectivity index (χ0) is 17.3. The van der Waals surface area contributed by atoms with E-state index in [4.69, 9.17) is 14.5 Å². The summed E-state index contributed by atoms with van der Waals surface area (Å²) in [6.07, 6.45) is 9.43. The average Bonchev–Trinajstić information content (AvgIpc) is 3.32. The first-order chi connectivity index (χ1) is 12.3. The molecule has 0 aromatic carbocycles. The molecule has 1 aromatic heterocycles. The SMILES string of the molecule is CCNC(=NCc1cccnc1OC1CCCC1)NCC1CCCO1. The third-order valence-electron chi connectivity index (χ3n) is 4.70. The summed E-state index contributed by atoms with van der Waals surface area (Å²) in [4.78, 5) is 9.12. The summed E-state index contributed by atoms with van der Waals surface area (Å²) in [7, 11) is 0. The molecule has 6 heteroatoms. The Morgan fingerprint density at radius 3 is 2.92 bits per heavy atom. The van der Waals surface area contributed by atoms with Crippen LogP contribution in [0.2, 0.25) is 0 Å². The highest BCUT2D eigenvalue weighted by Crippen LogP contribution is 2.25. The van der Waals surface area contributed by atoms with Gasteiger partial charge in [0.2, 0.25) is 5.88 Å². The Hall–Kier alpha value is -1.82. The molecule has 0 radical (unpaired) electrons. The monoisotopic (exact) mass is 346 g/mol. The lowest BCUT2D eigenvalue weighted by Crippen LogP contribution is -2.41. The van der Waals surface area contributed by atoms with Gasteiger partial charge < -0.3 is 20.1 Å². The molecule has 2 fully saturated rings. The average molecular weight is 346 g/mol. The van der Waals surface area contributed by atoms with Crippen molar-refractivity contribution in [3.63, 3.8) is 0 Å². The van der Waals surface area contributed by atoms with Gasteiger partial charge in [0.25, 0.3) is 0 Å². The van der Waals surface area contributed by atoms with Gasteiger partial charge in [-0.05, 0) is 51.5 Å². The molecule has 138 valence electrons. The molecule has 1 saturated carbocycles. The predicted molar refractivity (Wildman–Crippen MR) is 98.9 cm³/mol. The summed E-state index contributed by atoms with van der Waals surface area (Å²) in [5.41, 5.74) is 1.03. The van der Waals surface area contributed by atoms with Crippen molar-refractivity contribution in [2.45, 2.75) is 64.2 Å².